The van der Waals surface area contributed by atoms with Gasteiger partial charge in [-0.05, 0) is 54.8 Å². The van der Waals surface area contributed by atoms with Gasteiger partial charge < -0.3 is 26.1 Å². The van der Waals surface area contributed by atoms with Crippen LogP contribution in [0, 0.1) is 13.8 Å². The van der Waals surface area contributed by atoms with Crippen LogP contribution in [0.5, 0.6) is 5.75 Å². The molecule has 40 heavy (non-hydrogen) atoms. The first kappa shape index (κ1) is 26.4. The van der Waals surface area contributed by atoms with Gasteiger partial charge >= 0.3 is 0 Å². The Kier molecular flexibility index (Phi) is 7.15. The number of carbonyl (C=O) groups excluding carboxylic acids is 3. The highest BCUT2D eigenvalue weighted by Gasteiger charge is 2.53. The van der Waals surface area contributed by atoms with Crippen LogP contribution in [-0.4, -0.2) is 51.7 Å². The fourth-order valence-electron chi connectivity index (χ4n) is 4.71. The average molecular weight is 541 g/mol. The number of benzene rings is 2. The quantitative estimate of drug-likeness (QED) is 0.214. The van der Waals surface area contributed by atoms with Gasteiger partial charge in [-0.1, -0.05) is 23.8 Å². The normalized spacial score (nSPS) is 17.8. The standard InChI is InChI=1S/C28H28N8O4/c1-16-3-5-20(17(2)11-16)28(26(29)39)24(32-15-33-28)25(38)36-27-34-21-6-4-19(12-22(21)35-27)40-14-23(37)31-13-18-7-9-30-10-8-18/h3-12,15,24H,13-14H2,1-2H3,(H2,29,39)(H,31,37)(H,32,33)(H2,34,35,36,38). The van der Waals surface area contributed by atoms with E-state index in [-0.39, 0.29) is 18.5 Å². The van der Waals surface area contributed by atoms with Gasteiger partial charge in [-0.25, -0.2) is 4.98 Å². The maximum Gasteiger partial charge on any atom is 0.258 e. The molecule has 204 valence electrons. The van der Waals surface area contributed by atoms with E-state index >= 15 is 0 Å². The highest BCUT2D eigenvalue weighted by atomic mass is 16.5. The van der Waals surface area contributed by atoms with E-state index in [9.17, 15) is 14.4 Å². The molecule has 0 fully saturated rings. The third kappa shape index (κ3) is 5.19. The number of aromatic nitrogens is 3. The lowest BCUT2D eigenvalue weighted by Crippen LogP contribution is -2.59. The first-order valence-corrected chi connectivity index (χ1v) is 12.5. The van der Waals surface area contributed by atoms with Crippen LogP contribution in [0.1, 0.15) is 22.3 Å². The summed E-state index contributed by atoms with van der Waals surface area (Å²) in [5.74, 6) is -0.967. The molecule has 0 spiro atoms. The van der Waals surface area contributed by atoms with Crippen LogP contribution in [0.15, 0.2) is 65.9 Å². The molecule has 6 N–H and O–H groups in total. The summed E-state index contributed by atoms with van der Waals surface area (Å²) in [6.45, 7) is 3.99. The van der Waals surface area contributed by atoms with Gasteiger partial charge in [-0.15, -0.1) is 0 Å². The summed E-state index contributed by atoms with van der Waals surface area (Å²) in [5.41, 5.74) is 8.74. The van der Waals surface area contributed by atoms with Gasteiger partial charge in [0, 0.05) is 25.0 Å². The van der Waals surface area contributed by atoms with Gasteiger partial charge in [-0.3, -0.25) is 29.7 Å². The lowest BCUT2D eigenvalue weighted by atomic mass is 9.80. The summed E-state index contributed by atoms with van der Waals surface area (Å²) < 4.78 is 5.62. The Morgan fingerprint density at radius 3 is 2.62 bits per heavy atom. The Morgan fingerprint density at radius 1 is 1.07 bits per heavy atom. The van der Waals surface area contributed by atoms with E-state index in [2.05, 4.69) is 35.9 Å². The van der Waals surface area contributed by atoms with E-state index < -0.39 is 23.4 Å². The van der Waals surface area contributed by atoms with Crippen molar-refractivity contribution in [2.45, 2.75) is 32.0 Å². The number of aliphatic imine (C=N–C) groups is 1. The number of nitrogens with two attached hydrogens (primary N) is 1. The summed E-state index contributed by atoms with van der Waals surface area (Å²) in [7, 11) is 0. The number of fused-ring (bicyclic) bond motifs is 1. The molecule has 0 saturated heterocycles. The molecular formula is C28H28N8O4. The van der Waals surface area contributed by atoms with E-state index in [1.165, 1.54) is 6.34 Å². The molecule has 0 radical (unpaired) electrons. The van der Waals surface area contributed by atoms with Gasteiger partial charge in [0.15, 0.2) is 18.2 Å². The molecule has 4 aromatic rings. The Labute approximate surface area is 229 Å². The van der Waals surface area contributed by atoms with Crippen molar-refractivity contribution in [2.75, 3.05) is 11.9 Å². The Balaban J connectivity index is 1.26. The molecule has 0 bridgehead atoms. The van der Waals surface area contributed by atoms with Crippen molar-refractivity contribution in [3.8, 4) is 5.75 Å². The third-order valence-corrected chi connectivity index (χ3v) is 6.67. The Bertz CT molecular complexity index is 1620. The number of H-pyrrole nitrogens is 1. The maximum atomic E-state index is 13.4. The van der Waals surface area contributed by atoms with Gasteiger partial charge in [-0.2, -0.15) is 0 Å². The van der Waals surface area contributed by atoms with Crippen molar-refractivity contribution in [3.05, 3.63) is 83.2 Å². The second-order valence-electron chi connectivity index (χ2n) is 9.49. The maximum absolute atomic E-state index is 13.4. The first-order valence-electron chi connectivity index (χ1n) is 12.5. The number of aromatic amines is 1. The van der Waals surface area contributed by atoms with Crippen LogP contribution in [0.2, 0.25) is 0 Å². The molecule has 1 aliphatic heterocycles. The number of amides is 3. The topological polar surface area (TPSA) is 176 Å². The monoisotopic (exact) mass is 540 g/mol. The summed E-state index contributed by atoms with van der Waals surface area (Å²) in [6, 6.07) is 13.1. The molecule has 5 rings (SSSR count). The number of pyridine rings is 1. The van der Waals surface area contributed by atoms with Crippen LogP contribution in [0.25, 0.3) is 11.0 Å². The minimum Gasteiger partial charge on any atom is -0.484 e. The zero-order valence-electron chi connectivity index (χ0n) is 21.9. The number of anilines is 1. The number of carbonyl (C=O) groups is 3. The van der Waals surface area contributed by atoms with Crippen molar-refractivity contribution in [1.82, 2.24) is 25.6 Å². The van der Waals surface area contributed by atoms with Crippen molar-refractivity contribution in [2.24, 2.45) is 10.7 Å². The summed E-state index contributed by atoms with van der Waals surface area (Å²) in [4.78, 5) is 53.9. The van der Waals surface area contributed by atoms with Gasteiger partial charge in [0.1, 0.15) is 5.75 Å². The SMILES string of the molecule is Cc1ccc(C2(C(N)=O)NC=NC2C(=O)Nc2nc3ccc(OCC(=O)NCc4ccncc4)cc3[nH]2)c(C)c1. The van der Waals surface area contributed by atoms with E-state index in [0.717, 1.165) is 16.7 Å². The molecule has 0 saturated carbocycles. The smallest absolute Gasteiger partial charge is 0.258 e. The minimum atomic E-state index is -1.55. The second-order valence-corrected chi connectivity index (χ2v) is 9.49. The van der Waals surface area contributed by atoms with Crippen LogP contribution < -0.4 is 26.4 Å². The zero-order valence-corrected chi connectivity index (χ0v) is 21.9. The molecule has 12 heteroatoms. The van der Waals surface area contributed by atoms with E-state index in [0.29, 0.717) is 28.9 Å². The summed E-state index contributed by atoms with van der Waals surface area (Å²) >= 11 is 0. The number of rotatable bonds is 9. The van der Waals surface area contributed by atoms with Gasteiger partial charge in [0.25, 0.3) is 17.7 Å². The van der Waals surface area contributed by atoms with E-state index in [1.807, 2.05) is 38.1 Å². The number of nitrogens with zero attached hydrogens (tertiary/aromatic N) is 3. The second kappa shape index (κ2) is 10.8. The fourth-order valence-corrected chi connectivity index (χ4v) is 4.71. The van der Waals surface area contributed by atoms with Crippen molar-refractivity contribution in [1.29, 1.82) is 0 Å². The number of hydrogen-bond donors (Lipinski definition) is 5. The molecule has 2 unspecified atom stereocenters. The van der Waals surface area contributed by atoms with Crippen molar-refractivity contribution in [3.63, 3.8) is 0 Å². The van der Waals surface area contributed by atoms with Gasteiger partial charge in [0.05, 0.1) is 17.4 Å². The van der Waals surface area contributed by atoms with E-state index in [1.54, 1.807) is 36.7 Å². The van der Waals surface area contributed by atoms with Crippen LogP contribution in [0.4, 0.5) is 5.95 Å². The highest BCUT2D eigenvalue weighted by Crippen LogP contribution is 2.33. The third-order valence-electron chi connectivity index (χ3n) is 6.67. The lowest BCUT2D eigenvalue weighted by Gasteiger charge is -2.32. The number of imidazole rings is 1. The molecule has 1 aliphatic rings. The van der Waals surface area contributed by atoms with E-state index in [4.69, 9.17) is 10.5 Å². The predicted octanol–water partition coefficient (Wildman–Crippen LogP) is 1.59. The van der Waals surface area contributed by atoms with Crippen molar-refractivity contribution >= 4 is 41.0 Å². The lowest BCUT2D eigenvalue weighted by molar-refractivity contribution is -0.129. The molecular weight excluding hydrogens is 512 g/mol. The number of hydrogen-bond acceptors (Lipinski definition) is 8. The number of ether oxygens (including phenoxy) is 1. The Hall–Kier alpha value is -5.26. The molecule has 12 nitrogen and oxygen atoms in total. The van der Waals surface area contributed by atoms with Crippen LogP contribution in [-0.2, 0) is 26.5 Å². The Morgan fingerprint density at radius 2 is 1.88 bits per heavy atom. The molecule has 3 amide bonds. The number of primary amides is 1. The highest BCUT2D eigenvalue weighted by molar-refractivity contribution is 6.05. The molecule has 0 aliphatic carbocycles. The molecule has 2 aromatic heterocycles. The van der Waals surface area contributed by atoms with Crippen molar-refractivity contribution < 1.29 is 19.1 Å². The van der Waals surface area contributed by atoms with Crippen LogP contribution in [0.3, 0.4) is 0 Å². The number of nitrogens with one attached hydrogen (secondary N) is 4. The summed E-state index contributed by atoms with van der Waals surface area (Å²) in [6.07, 6.45) is 4.64. The first-order chi connectivity index (χ1) is 19.3. The number of aryl methyl sites for hydroxylation is 2. The zero-order chi connectivity index (χ0) is 28.3. The minimum absolute atomic E-state index is 0.161. The van der Waals surface area contributed by atoms with Gasteiger partial charge in [0.2, 0.25) is 5.95 Å². The van der Waals surface area contributed by atoms with Crippen LogP contribution >= 0.6 is 0 Å². The molecule has 2 atom stereocenters. The summed E-state index contributed by atoms with van der Waals surface area (Å²) in [5, 5.41) is 8.42. The predicted molar refractivity (Wildman–Crippen MR) is 149 cm³/mol. The fraction of sp³-hybridized carbons (Fsp3) is 0.214. The average Bonchev–Trinajstić information content (AvgIpc) is 3.56. The molecule has 3 heterocycles. The largest absolute Gasteiger partial charge is 0.484 e. The molecule has 2 aromatic carbocycles.